The predicted octanol–water partition coefficient (Wildman–Crippen LogP) is 5.23. The Morgan fingerprint density at radius 3 is 1.65 bits per heavy atom. The van der Waals surface area contributed by atoms with Crippen LogP contribution in [-0.4, -0.2) is 43.4 Å². The molecule has 13 heteroatoms. The SMILES string of the molecule is Brc1csc(Br)n1.CS(C)(=N)=O.CS(C)(=O)=Nc1nc(Br)cs1. The first-order valence-electron chi connectivity index (χ1n) is 5.50. The number of hydrogen-bond donors (Lipinski definition) is 1. The molecule has 6 nitrogen and oxygen atoms in total. The third-order valence-corrected chi connectivity index (χ3v) is 5.46. The Kier molecular flexibility index (Phi) is 10.8. The van der Waals surface area contributed by atoms with E-state index in [0.717, 1.165) is 13.1 Å². The van der Waals surface area contributed by atoms with Gasteiger partial charge in [0, 0.05) is 55.2 Å². The second-order valence-corrected chi connectivity index (χ2v) is 14.0. The van der Waals surface area contributed by atoms with E-state index in [4.69, 9.17) is 4.78 Å². The van der Waals surface area contributed by atoms with E-state index in [1.54, 1.807) is 23.8 Å². The van der Waals surface area contributed by atoms with Crippen molar-refractivity contribution in [3.05, 3.63) is 23.9 Å². The molecule has 23 heavy (non-hydrogen) atoms. The molecule has 2 rings (SSSR count). The molecular weight excluding hydrogens is 576 g/mol. The van der Waals surface area contributed by atoms with Crippen LogP contribution in [0.2, 0.25) is 0 Å². The van der Waals surface area contributed by atoms with Gasteiger partial charge in [0.25, 0.3) is 0 Å². The van der Waals surface area contributed by atoms with Crippen LogP contribution in [0.15, 0.2) is 28.2 Å². The Morgan fingerprint density at radius 2 is 1.43 bits per heavy atom. The van der Waals surface area contributed by atoms with Gasteiger partial charge in [-0.05, 0) is 47.8 Å². The molecule has 0 bridgehead atoms. The third kappa shape index (κ3) is 17.2. The van der Waals surface area contributed by atoms with E-state index in [-0.39, 0.29) is 0 Å². The van der Waals surface area contributed by atoms with Crippen molar-refractivity contribution in [1.29, 1.82) is 4.78 Å². The molecule has 2 heterocycles. The van der Waals surface area contributed by atoms with E-state index in [9.17, 15) is 8.42 Å². The fourth-order valence-electron chi connectivity index (χ4n) is 0.709. The molecule has 0 aliphatic carbocycles. The summed E-state index contributed by atoms with van der Waals surface area (Å²) in [7, 11) is -4.23. The van der Waals surface area contributed by atoms with E-state index in [1.807, 2.05) is 10.8 Å². The van der Waals surface area contributed by atoms with E-state index in [2.05, 4.69) is 62.1 Å². The fraction of sp³-hybridized carbons (Fsp3) is 0.400. The van der Waals surface area contributed by atoms with Gasteiger partial charge in [0.1, 0.15) is 9.21 Å². The van der Waals surface area contributed by atoms with Crippen LogP contribution in [0.4, 0.5) is 5.13 Å². The van der Waals surface area contributed by atoms with Crippen molar-refractivity contribution >= 4 is 95.1 Å². The van der Waals surface area contributed by atoms with Crippen LogP contribution in [0.1, 0.15) is 0 Å². The van der Waals surface area contributed by atoms with Gasteiger partial charge in [-0.1, -0.05) is 0 Å². The zero-order valence-electron chi connectivity index (χ0n) is 12.6. The maximum Gasteiger partial charge on any atom is 0.218 e. The first-order valence-corrected chi connectivity index (χ1v) is 14.3. The highest BCUT2D eigenvalue weighted by Crippen LogP contribution is 2.23. The van der Waals surface area contributed by atoms with Crippen LogP contribution in [0.3, 0.4) is 0 Å². The van der Waals surface area contributed by atoms with Gasteiger partial charge >= 0.3 is 0 Å². The zero-order valence-corrected chi connectivity index (χ0v) is 20.6. The van der Waals surface area contributed by atoms with Gasteiger partial charge < -0.3 is 0 Å². The minimum absolute atomic E-state index is 0.562. The van der Waals surface area contributed by atoms with Crippen LogP contribution in [0.25, 0.3) is 0 Å². The summed E-state index contributed by atoms with van der Waals surface area (Å²) in [5.74, 6) is 0. The van der Waals surface area contributed by atoms with Gasteiger partial charge in [0.05, 0.1) is 0 Å². The Morgan fingerprint density at radius 1 is 1.00 bits per heavy atom. The lowest BCUT2D eigenvalue weighted by molar-refractivity contribution is 0.682. The number of halogens is 3. The molecule has 0 saturated carbocycles. The number of nitrogens with one attached hydrogen (secondary N) is 1. The van der Waals surface area contributed by atoms with E-state index < -0.39 is 19.5 Å². The minimum Gasteiger partial charge on any atom is -0.253 e. The first-order chi connectivity index (χ1) is 10.3. The molecule has 0 saturated heterocycles. The lowest BCUT2D eigenvalue weighted by atomic mass is 11.0. The van der Waals surface area contributed by atoms with Crippen molar-refractivity contribution in [2.75, 3.05) is 25.0 Å². The summed E-state index contributed by atoms with van der Waals surface area (Å²) in [5, 5.41) is 4.29. The van der Waals surface area contributed by atoms with Crippen LogP contribution in [0, 0.1) is 4.78 Å². The van der Waals surface area contributed by atoms with Crippen molar-refractivity contribution in [3.8, 4) is 0 Å². The second-order valence-electron chi connectivity index (χ2n) is 4.38. The number of hydrogen-bond acceptors (Lipinski definition) is 8. The summed E-state index contributed by atoms with van der Waals surface area (Å²) >= 11 is 12.5. The topological polar surface area (TPSA) is 96.1 Å². The summed E-state index contributed by atoms with van der Waals surface area (Å²) in [5.41, 5.74) is 0. The van der Waals surface area contributed by atoms with Crippen molar-refractivity contribution in [2.45, 2.75) is 0 Å². The fourth-order valence-corrected chi connectivity index (χ4v) is 4.49. The third-order valence-electron chi connectivity index (χ3n) is 1.21. The molecule has 0 atom stereocenters. The summed E-state index contributed by atoms with van der Waals surface area (Å²) < 4.78 is 33.9. The van der Waals surface area contributed by atoms with E-state index >= 15 is 0 Å². The molecule has 2 aromatic heterocycles. The summed E-state index contributed by atoms with van der Waals surface area (Å²) in [6, 6.07) is 0. The molecule has 1 N–H and O–H groups in total. The standard InChI is InChI=1S/C5H7BrN2OS2.C3HBr2NS.C2H7NOS/c1-11(2,9)8-5-7-4(6)3-10-5;4-2-1-7-3(5)6-2;1-5(2,3)4/h3H,1-2H3;1H;3H,1-2H3. The van der Waals surface area contributed by atoms with Crippen LogP contribution >= 0.6 is 70.5 Å². The molecule has 0 radical (unpaired) electrons. The van der Waals surface area contributed by atoms with Crippen molar-refractivity contribution < 1.29 is 8.42 Å². The van der Waals surface area contributed by atoms with E-state index in [1.165, 1.54) is 23.8 Å². The van der Waals surface area contributed by atoms with Crippen molar-refractivity contribution in [3.63, 3.8) is 0 Å². The lowest BCUT2D eigenvalue weighted by Gasteiger charge is -1.88. The lowest BCUT2D eigenvalue weighted by Crippen LogP contribution is -1.88. The monoisotopic (exact) mass is 588 g/mol. The van der Waals surface area contributed by atoms with Gasteiger partial charge in [0.2, 0.25) is 5.13 Å². The molecule has 0 amide bonds. The molecule has 2 aromatic rings. The van der Waals surface area contributed by atoms with Crippen LogP contribution < -0.4 is 0 Å². The number of nitrogens with zero attached hydrogens (tertiary/aromatic N) is 3. The molecule has 132 valence electrons. The van der Waals surface area contributed by atoms with Gasteiger partial charge in [0.15, 0.2) is 3.92 Å². The minimum atomic E-state index is -2.17. The Bertz CT molecular complexity index is 805. The molecule has 0 aliphatic heterocycles. The molecule has 0 spiro atoms. The molecule has 0 aliphatic rings. The van der Waals surface area contributed by atoms with Gasteiger partial charge in [-0.3, -0.25) is 8.99 Å². The molecule has 0 fully saturated rings. The molecular formula is C10H15Br3N4O2S4. The summed E-state index contributed by atoms with van der Waals surface area (Å²) in [6.07, 6.45) is 5.94. The summed E-state index contributed by atoms with van der Waals surface area (Å²) in [4.78, 5) is 7.95. The Labute approximate surface area is 170 Å². The van der Waals surface area contributed by atoms with Crippen molar-refractivity contribution in [2.24, 2.45) is 4.36 Å². The highest BCUT2D eigenvalue weighted by atomic mass is 79.9. The number of rotatable bonds is 1. The van der Waals surface area contributed by atoms with E-state index in [0.29, 0.717) is 5.13 Å². The quantitative estimate of drug-likeness (QED) is 0.492. The zero-order chi connectivity index (χ0) is 18.3. The molecule has 0 aromatic carbocycles. The Balaban J connectivity index is 0.000000347. The Hall–Kier alpha value is 0.600. The highest BCUT2D eigenvalue weighted by Gasteiger charge is 1.98. The average molecular weight is 591 g/mol. The van der Waals surface area contributed by atoms with Crippen molar-refractivity contribution in [1.82, 2.24) is 9.97 Å². The number of thiazole rings is 2. The maximum atomic E-state index is 11.2. The van der Waals surface area contributed by atoms with Gasteiger partial charge in [-0.15, -0.1) is 22.7 Å². The smallest absolute Gasteiger partial charge is 0.218 e. The van der Waals surface area contributed by atoms with Crippen LogP contribution in [0.5, 0.6) is 0 Å². The molecule has 0 unspecified atom stereocenters. The first kappa shape index (κ1) is 23.6. The highest BCUT2D eigenvalue weighted by molar-refractivity contribution is 9.11. The average Bonchev–Trinajstić information content (AvgIpc) is 2.84. The summed E-state index contributed by atoms with van der Waals surface area (Å²) in [6.45, 7) is 0. The normalized spacial score (nSPS) is 10.9. The maximum absolute atomic E-state index is 11.2. The predicted molar refractivity (Wildman–Crippen MR) is 112 cm³/mol. The van der Waals surface area contributed by atoms with Gasteiger partial charge in [-0.2, -0.15) is 4.36 Å². The van der Waals surface area contributed by atoms with Crippen LogP contribution in [-0.2, 0) is 19.5 Å². The largest absolute Gasteiger partial charge is 0.253 e. The number of aromatic nitrogens is 2. The van der Waals surface area contributed by atoms with Gasteiger partial charge in [-0.25, -0.2) is 14.2 Å². The second kappa shape index (κ2) is 10.6.